The molecule has 0 aliphatic rings. The molecule has 0 spiro atoms. The summed E-state index contributed by atoms with van der Waals surface area (Å²) in [7, 11) is 1.74. The van der Waals surface area contributed by atoms with Gasteiger partial charge in [0.15, 0.2) is 0 Å². The number of aliphatic hydroxyl groups excluding tert-OH is 2. The van der Waals surface area contributed by atoms with E-state index >= 15 is 0 Å². The van der Waals surface area contributed by atoms with E-state index in [0.29, 0.717) is 13.1 Å². The van der Waals surface area contributed by atoms with Crippen LogP contribution in [0.15, 0.2) is 24.3 Å². The topological polar surface area (TPSA) is 78.5 Å². The number of nitrogens with one attached hydrogen (secondary N) is 1. The maximum atomic E-state index is 9.89. The summed E-state index contributed by atoms with van der Waals surface area (Å²) < 4.78 is 0. The molecule has 4 nitrogen and oxygen atoms in total. The van der Waals surface area contributed by atoms with Crippen LogP contribution in [0, 0.1) is 0 Å². The van der Waals surface area contributed by atoms with Crippen molar-refractivity contribution in [2.45, 2.75) is 18.6 Å². The van der Waals surface area contributed by atoms with Crippen LogP contribution in [-0.4, -0.2) is 36.5 Å². The van der Waals surface area contributed by atoms with Crippen molar-refractivity contribution in [1.82, 2.24) is 5.32 Å². The van der Waals surface area contributed by atoms with Crippen LogP contribution in [0.5, 0.6) is 0 Å². The molecule has 0 amide bonds. The van der Waals surface area contributed by atoms with E-state index in [1.165, 1.54) is 0 Å². The van der Waals surface area contributed by atoms with Crippen molar-refractivity contribution in [2.24, 2.45) is 5.73 Å². The van der Waals surface area contributed by atoms with Gasteiger partial charge in [0.05, 0.1) is 6.10 Å². The summed E-state index contributed by atoms with van der Waals surface area (Å²) in [5.41, 5.74) is 7.28. The van der Waals surface area contributed by atoms with Crippen molar-refractivity contribution in [3.05, 3.63) is 35.4 Å². The second-order valence-electron chi connectivity index (χ2n) is 3.85. The van der Waals surface area contributed by atoms with Crippen LogP contribution in [0.4, 0.5) is 0 Å². The Kier molecular flexibility index (Phi) is 5.42. The Hall–Kier alpha value is -0.940. The van der Waals surface area contributed by atoms with Crippen LogP contribution in [0.2, 0.25) is 0 Å². The highest BCUT2D eigenvalue weighted by Gasteiger charge is 2.17. The van der Waals surface area contributed by atoms with Gasteiger partial charge in [0.2, 0.25) is 0 Å². The molecule has 4 heteroatoms. The Morgan fingerprint density at radius 2 is 2.12 bits per heavy atom. The maximum absolute atomic E-state index is 9.89. The number of benzene rings is 1. The van der Waals surface area contributed by atoms with Crippen LogP contribution >= 0.6 is 0 Å². The Labute approximate surface area is 96.1 Å². The van der Waals surface area contributed by atoms with Gasteiger partial charge in [0.1, 0.15) is 6.10 Å². The molecule has 0 saturated heterocycles. The molecule has 1 aromatic rings. The molecular formula is C12H20N2O2. The summed E-state index contributed by atoms with van der Waals surface area (Å²) >= 11 is 0. The monoisotopic (exact) mass is 224 g/mol. The Bertz CT molecular complexity index is 318. The van der Waals surface area contributed by atoms with Crippen LogP contribution in [0.3, 0.4) is 0 Å². The summed E-state index contributed by atoms with van der Waals surface area (Å²) in [6.07, 6.45) is -0.869. The molecule has 0 aliphatic heterocycles. The Balaban J connectivity index is 2.74. The van der Waals surface area contributed by atoms with Crippen molar-refractivity contribution in [2.75, 3.05) is 20.1 Å². The quantitative estimate of drug-likeness (QED) is 0.540. The lowest BCUT2D eigenvalue weighted by Crippen LogP contribution is -2.29. The van der Waals surface area contributed by atoms with E-state index in [0.717, 1.165) is 17.5 Å². The molecule has 16 heavy (non-hydrogen) atoms. The van der Waals surface area contributed by atoms with E-state index in [1.54, 1.807) is 7.05 Å². The highest BCUT2D eigenvalue weighted by molar-refractivity contribution is 5.26. The first kappa shape index (κ1) is 13.1. The third-order valence-corrected chi connectivity index (χ3v) is 2.50. The predicted molar refractivity (Wildman–Crippen MR) is 64.1 cm³/mol. The SMILES string of the molecule is CNCC(O)C(O)c1cccc(CCN)c1. The summed E-state index contributed by atoms with van der Waals surface area (Å²) in [6.45, 7) is 0.945. The van der Waals surface area contributed by atoms with Crippen LogP contribution in [0.25, 0.3) is 0 Å². The van der Waals surface area contributed by atoms with E-state index in [4.69, 9.17) is 5.73 Å². The average Bonchev–Trinajstić information content (AvgIpc) is 2.29. The van der Waals surface area contributed by atoms with Gasteiger partial charge >= 0.3 is 0 Å². The van der Waals surface area contributed by atoms with Gasteiger partial charge in [0, 0.05) is 6.54 Å². The van der Waals surface area contributed by atoms with Gasteiger partial charge in [-0.2, -0.15) is 0 Å². The van der Waals surface area contributed by atoms with Gasteiger partial charge < -0.3 is 21.3 Å². The van der Waals surface area contributed by atoms with Crippen molar-refractivity contribution in [3.63, 3.8) is 0 Å². The first-order valence-corrected chi connectivity index (χ1v) is 5.48. The lowest BCUT2D eigenvalue weighted by atomic mass is 10.0. The molecule has 0 bridgehead atoms. The van der Waals surface area contributed by atoms with E-state index in [2.05, 4.69) is 5.32 Å². The van der Waals surface area contributed by atoms with Gasteiger partial charge in [0.25, 0.3) is 0 Å². The van der Waals surface area contributed by atoms with E-state index in [-0.39, 0.29) is 0 Å². The fourth-order valence-electron chi connectivity index (χ4n) is 1.64. The van der Waals surface area contributed by atoms with E-state index < -0.39 is 12.2 Å². The standard InChI is InChI=1S/C12H20N2O2/c1-14-8-11(15)12(16)10-4-2-3-9(7-10)5-6-13/h2-4,7,11-12,14-16H,5-6,8,13H2,1H3. The molecule has 5 N–H and O–H groups in total. The number of rotatable bonds is 6. The Morgan fingerprint density at radius 1 is 1.38 bits per heavy atom. The van der Waals surface area contributed by atoms with Gasteiger partial charge in [-0.05, 0) is 31.1 Å². The van der Waals surface area contributed by atoms with Crippen LogP contribution in [-0.2, 0) is 6.42 Å². The van der Waals surface area contributed by atoms with E-state index in [1.807, 2.05) is 24.3 Å². The first-order chi connectivity index (χ1) is 7.69. The van der Waals surface area contributed by atoms with Gasteiger partial charge in [-0.3, -0.25) is 0 Å². The van der Waals surface area contributed by atoms with Gasteiger partial charge in [-0.25, -0.2) is 0 Å². The third-order valence-electron chi connectivity index (χ3n) is 2.50. The molecule has 0 aromatic heterocycles. The molecule has 2 unspecified atom stereocenters. The number of hydrogen-bond donors (Lipinski definition) is 4. The van der Waals surface area contributed by atoms with Crippen molar-refractivity contribution in [3.8, 4) is 0 Å². The Morgan fingerprint density at radius 3 is 2.75 bits per heavy atom. The zero-order valence-corrected chi connectivity index (χ0v) is 9.56. The van der Waals surface area contributed by atoms with Crippen molar-refractivity contribution >= 4 is 0 Å². The molecule has 0 heterocycles. The van der Waals surface area contributed by atoms with Crippen LogP contribution in [0.1, 0.15) is 17.2 Å². The fourth-order valence-corrected chi connectivity index (χ4v) is 1.64. The van der Waals surface area contributed by atoms with Gasteiger partial charge in [-0.1, -0.05) is 24.3 Å². The molecule has 90 valence electrons. The minimum Gasteiger partial charge on any atom is -0.389 e. The summed E-state index contributed by atoms with van der Waals surface area (Å²) in [5, 5.41) is 22.4. The number of nitrogens with two attached hydrogens (primary N) is 1. The summed E-state index contributed by atoms with van der Waals surface area (Å²) in [5.74, 6) is 0. The average molecular weight is 224 g/mol. The summed E-state index contributed by atoms with van der Waals surface area (Å²) in [6, 6.07) is 7.53. The zero-order chi connectivity index (χ0) is 12.0. The van der Waals surface area contributed by atoms with Crippen LogP contribution < -0.4 is 11.1 Å². The summed E-state index contributed by atoms with van der Waals surface area (Å²) in [4.78, 5) is 0. The lowest BCUT2D eigenvalue weighted by molar-refractivity contribution is 0.0202. The molecule has 1 aromatic carbocycles. The van der Waals surface area contributed by atoms with Crippen molar-refractivity contribution in [1.29, 1.82) is 0 Å². The van der Waals surface area contributed by atoms with Crippen molar-refractivity contribution < 1.29 is 10.2 Å². The highest BCUT2D eigenvalue weighted by atomic mass is 16.3. The minimum atomic E-state index is -0.856. The largest absolute Gasteiger partial charge is 0.389 e. The highest BCUT2D eigenvalue weighted by Crippen LogP contribution is 2.18. The fraction of sp³-hybridized carbons (Fsp3) is 0.500. The second-order valence-corrected chi connectivity index (χ2v) is 3.85. The lowest BCUT2D eigenvalue weighted by Gasteiger charge is -2.18. The molecule has 2 atom stereocenters. The molecule has 0 aliphatic carbocycles. The number of hydrogen-bond acceptors (Lipinski definition) is 4. The third kappa shape index (κ3) is 3.57. The van der Waals surface area contributed by atoms with Gasteiger partial charge in [-0.15, -0.1) is 0 Å². The first-order valence-electron chi connectivity index (χ1n) is 5.48. The maximum Gasteiger partial charge on any atom is 0.106 e. The molecule has 0 radical (unpaired) electrons. The number of aliphatic hydroxyl groups is 2. The minimum absolute atomic E-state index is 0.363. The molecule has 0 fully saturated rings. The zero-order valence-electron chi connectivity index (χ0n) is 9.56. The smallest absolute Gasteiger partial charge is 0.106 e. The predicted octanol–water partition coefficient (Wildman–Crippen LogP) is -0.199. The number of likely N-dealkylation sites (N-methyl/N-ethyl adjacent to an activating group) is 1. The molecule has 1 rings (SSSR count). The molecule has 0 saturated carbocycles. The normalized spacial score (nSPS) is 14.8. The second kappa shape index (κ2) is 6.60. The molecular weight excluding hydrogens is 204 g/mol. The van der Waals surface area contributed by atoms with E-state index in [9.17, 15) is 10.2 Å².